The number of imidazole rings is 1. The number of aryl methyl sites for hydroxylation is 1. The second-order valence-corrected chi connectivity index (χ2v) is 8.09. The summed E-state index contributed by atoms with van der Waals surface area (Å²) >= 11 is 0. The smallest absolute Gasteiger partial charge is 0.263 e. The summed E-state index contributed by atoms with van der Waals surface area (Å²) in [6, 6.07) is 14.4. The molecule has 0 atom stereocenters. The molecule has 8 nitrogen and oxygen atoms in total. The van der Waals surface area contributed by atoms with Gasteiger partial charge in [0.1, 0.15) is 11.7 Å². The Hall–Kier alpha value is -3.20. The van der Waals surface area contributed by atoms with Crippen LogP contribution in [0.2, 0.25) is 0 Å². The molecule has 0 fully saturated rings. The Labute approximate surface area is 162 Å². The monoisotopic (exact) mass is 397 g/mol. The SMILES string of the molecule is Cn1c(CNC(=O)CCN=C2NS(=O)(=O)c3ccccc32)nc2ccccc21. The van der Waals surface area contributed by atoms with Gasteiger partial charge in [0.15, 0.2) is 0 Å². The molecule has 2 N–H and O–H groups in total. The molecule has 2 aromatic carbocycles. The largest absolute Gasteiger partial charge is 0.349 e. The Bertz CT molecular complexity index is 1200. The molecule has 144 valence electrons. The van der Waals surface area contributed by atoms with E-state index in [1.165, 1.54) is 6.07 Å². The van der Waals surface area contributed by atoms with Crippen LogP contribution in [0.15, 0.2) is 58.4 Å². The number of amidine groups is 1. The molecule has 0 aliphatic carbocycles. The van der Waals surface area contributed by atoms with Crippen LogP contribution < -0.4 is 10.0 Å². The molecular formula is C19H19N5O3S. The van der Waals surface area contributed by atoms with Gasteiger partial charge in [0.05, 0.1) is 29.0 Å². The highest BCUT2D eigenvalue weighted by molar-refractivity contribution is 7.90. The first-order valence-corrected chi connectivity index (χ1v) is 10.3. The third-order valence-corrected chi connectivity index (χ3v) is 5.99. The molecule has 3 aromatic rings. The maximum atomic E-state index is 12.1. The van der Waals surface area contributed by atoms with Crippen molar-refractivity contribution in [2.75, 3.05) is 6.54 Å². The zero-order chi connectivity index (χ0) is 19.7. The molecule has 1 amide bonds. The van der Waals surface area contributed by atoms with Crippen molar-refractivity contribution in [3.8, 4) is 0 Å². The van der Waals surface area contributed by atoms with Crippen molar-refractivity contribution in [1.82, 2.24) is 19.6 Å². The number of para-hydroxylation sites is 2. The summed E-state index contributed by atoms with van der Waals surface area (Å²) in [7, 11) is -1.65. The maximum absolute atomic E-state index is 12.1. The molecule has 1 aliphatic heterocycles. The topological polar surface area (TPSA) is 105 Å². The lowest BCUT2D eigenvalue weighted by molar-refractivity contribution is -0.121. The highest BCUT2D eigenvalue weighted by Gasteiger charge is 2.29. The van der Waals surface area contributed by atoms with Crippen LogP contribution >= 0.6 is 0 Å². The third kappa shape index (κ3) is 3.36. The minimum atomic E-state index is -3.56. The quantitative estimate of drug-likeness (QED) is 0.677. The van der Waals surface area contributed by atoms with E-state index in [0.717, 1.165) is 16.9 Å². The molecule has 2 heterocycles. The van der Waals surface area contributed by atoms with Crippen LogP contribution in [0.3, 0.4) is 0 Å². The molecule has 0 bridgehead atoms. The van der Waals surface area contributed by atoms with Gasteiger partial charge in [-0.2, -0.15) is 0 Å². The van der Waals surface area contributed by atoms with Crippen LogP contribution in [-0.4, -0.2) is 36.3 Å². The predicted molar refractivity (Wildman–Crippen MR) is 105 cm³/mol. The number of nitrogens with zero attached hydrogens (tertiary/aromatic N) is 3. The normalized spacial score (nSPS) is 16.1. The number of fused-ring (bicyclic) bond motifs is 2. The van der Waals surface area contributed by atoms with Crippen LogP contribution in [0.25, 0.3) is 11.0 Å². The van der Waals surface area contributed by atoms with Crippen molar-refractivity contribution in [1.29, 1.82) is 0 Å². The zero-order valence-electron chi connectivity index (χ0n) is 15.2. The van der Waals surface area contributed by atoms with E-state index in [9.17, 15) is 13.2 Å². The lowest BCUT2D eigenvalue weighted by Crippen LogP contribution is -2.26. The molecule has 4 rings (SSSR count). The maximum Gasteiger partial charge on any atom is 0.263 e. The minimum Gasteiger partial charge on any atom is -0.349 e. The van der Waals surface area contributed by atoms with Crippen molar-refractivity contribution >= 4 is 32.8 Å². The molecule has 28 heavy (non-hydrogen) atoms. The van der Waals surface area contributed by atoms with Gasteiger partial charge in [0.25, 0.3) is 10.0 Å². The average Bonchev–Trinajstić information content (AvgIpc) is 3.15. The van der Waals surface area contributed by atoms with E-state index in [1.807, 2.05) is 35.9 Å². The van der Waals surface area contributed by atoms with E-state index in [1.54, 1.807) is 18.2 Å². The number of aliphatic imine (C=N–C) groups is 1. The molecule has 0 unspecified atom stereocenters. The minimum absolute atomic E-state index is 0.150. The zero-order valence-corrected chi connectivity index (χ0v) is 16.0. The van der Waals surface area contributed by atoms with E-state index in [0.29, 0.717) is 12.1 Å². The summed E-state index contributed by atoms with van der Waals surface area (Å²) in [4.78, 5) is 21.1. The van der Waals surface area contributed by atoms with E-state index in [2.05, 4.69) is 20.0 Å². The highest BCUT2D eigenvalue weighted by Crippen LogP contribution is 2.22. The fourth-order valence-corrected chi connectivity index (χ4v) is 4.39. The second kappa shape index (κ2) is 7.08. The first kappa shape index (κ1) is 18.2. The van der Waals surface area contributed by atoms with Gasteiger partial charge in [0, 0.05) is 19.0 Å². The lowest BCUT2D eigenvalue weighted by Gasteiger charge is -2.05. The Balaban J connectivity index is 1.36. The summed E-state index contributed by atoms with van der Waals surface area (Å²) in [6.07, 6.45) is 0.150. The lowest BCUT2D eigenvalue weighted by atomic mass is 10.2. The number of nitrogens with one attached hydrogen (secondary N) is 2. The first-order valence-electron chi connectivity index (χ1n) is 8.79. The molecule has 0 spiro atoms. The van der Waals surface area contributed by atoms with Crippen molar-refractivity contribution in [2.24, 2.45) is 12.0 Å². The predicted octanol–water partition coefficient (Wildman–Crippen LogP) is 1.32. The number of carbonyl (C=O) groups excluding carboxylic acids is 1. The number of amides is 1. The summed E-state index contributed by atoms with van der Waals surface area (Å²) < 4.78 is 28.5. The summed E-state index contributed by atoms with van der Waals surface area (Å²) in [5.41, 5.74) is 2.42. The van der Waals surface area contributed by atoms with E-state index in [4.69, 9.17) is 0 Å². The van der Waals surface area contributed by atoms with Gasteiger partial charge < -0.3 is 9.88 Å². The van der Waals surface area contributed by atoms with Crippen LogP contribution in [0, 0.1) is 0 Å². The van der Waals surface area contributed by atoms with Crippen LogP contribution in [-0.2, 0) is 28.4 Å². The third-order valence-electron chi connectivity index (χ3n) is 4.59. The Kier molecular flexibility index (Phi) is 4.60. The van der Waals surface area contributed by atoms with Crippen molar-refractivity contribution in [3.05, 3.63) is 59.9 Å². The summed E-state index contributed by atoms with van der Waals surface area (Å²) in [5, 5.41) is 2.83. The number of benzene rings is 2. The number of aromatic nitrogens is 2. The Morgan fingerprint density at radius 2 is 1.93 bits per heavy atom. The second-order valence-electron chi connectivity index (χ2n) is 6.43. The Morgan fingerprint density at radius 3 is 2.75 bits per heavy atom. The molecular weight excluding hydrogens is 378 g/mol. The molecule has 0 radical (unpaired) electrons. The fraction of sp³-hybridized carbons (Fsp3) is 0.211. The summed E-state index contributed by atoms with van der Waals surface area (Å²) in [6.45, 7) is 0.497. The van der Waals surface area contributed by atoms with Gasteiger partial charge in [-0.3, -0.25) is 14.5 Å². The molecule has 1 aromatic heterocycles. The van der Waals surface area contributed by atoms with Crippen molar-refractivity contribution in [2.45, 2.75) is 17.9 Å². The van der Waals surface area contributed by atoms with Crippen molar-refractivity contribution in [3.63, 3.8) is 0 Å². The molecule has 0 saturated heterocycles. The number of carbonyl (C=O) groups is 1. The van der Waals surface area contributed by atoms with Crippen molar-refractivity contribution < 1.29 is 13.2 Å². The van der Waals surface area contributed by atoms with E-state index < -0.39 is 10.0 Å². The molecule has 9 heteroatoms. The standard InChI is InChI=1S/C19H19N5O3S/c1-24-15-8-4-3-7-14(15)22-17(24)12-21-18(25)10-11-20-19-13-6-2-5-9-16(13)28(26,27)23-19/h2-9H,10-12H2,1H3,(H,20,23)(H,21,25). The van der Waals surface area contributed by atoms with Crippen LogP contribution in [0.5, 0.6) is 0 Å². The number of hydrogen-bond acceptors (Lipinski definition) is 5. The van der Waals surface area contributed by atoms with Gasteiger partial charge in [-0.15, -0.1) is 0 Å². The number of sulfonamides is 1. The molecule has 0 saturated carbocycles. The summed E-state index contributed by atoms with van der Waals surface area (Å²) in [5.74, 6) is 0.864. The fourth-order valence-electron chi connectivity index (χ4n) is 3.14. The number of hydrogen-bond donors (Lipinski definition) is 2. The number of rotatable bonds is 5. The van der Waals surface area contributed by atoms with E-state index in [-0.39, 0.29) is 29.6 Å². The molecule has 1 aliphatic rings. The first-order chi connectivity index (χ1) is 13.5. The van der Waals surface area contributed by atoms with Crippen LogP contribution in [0.1, 0.15) is 17.8 Å². The van der Waals surface area contributed by atoms with Gasteiger partial charge in [0.2, 0.25) is 5.91 Å². The van der Waals surface area contributed by atoms with Crippen LogP contribution in [0.4, 0.5) is 0 Å². The van der Waals surface area contributed by atoms with Gasteiger partial charge in [-0.05, 0) is 24.3 Å². The Morgan fingerprint density at radius 1 is 1.18 bits per heavy atom. The van der Waals surface area contributed by atoms with Gasteiger partial charge >= 0.3 is 0 Å². The average molecular weight is 397 g/mol. The van der Waals surface area contributed by atoms with E-state index >= 15 is 0 Å². The van der Waals surface area contributed by atoms with Gasteiger partial charge in [-0.25, -0.2) is 13.4 Å². The highest BCUT2D eigenvalue weighted by atomic mass is 32.2. The van der Waals surface area contributed by atoms with Gasteiger partial charge in [-0.1, -0.05) is 24.3 Å².